The number of aryl methyl sites for hydroxylation is 1. The predicted octanol–water partition coefficient (Wildman–Crippen LogP) is 3.15. The molecule has 1 N–H and O–H groups in total. The molecule has 142 valence electrons. The lowest BCUT2D eigenvalue weighted by Crippen LogP contribution is -2.20. The van der Waals surface area contributed by atoms with Gasteiger partial charge in [0.25, 0.3) is 0 Å². The maximum Gasteiger partial charge on any atom is 0.344 e. The van der Waals surface area contributed by atoms with Gasteiger partial charge in [-0.15, -0.1) is 0 Å². The Labute approximate surface area is 156 Å². The average molecular weight is 373 g/mol. The number of benzene rings is 2. The van der Waals surface area contributed by atoms with E-state index in [4.69, 9.17) is 9.47 Å². The van der Waals surface area contributed by atoms with Gasteiger partial charge in [0.1, 0.15) is 11.6 Å². The maximum absolute atomic E-state index is 14.0. The third-order valence-corrected chi connectivity index (χ3v) is 3.65. The lowest BCUT2D eigenvalue weighted by atomic mass is 10.1. The van der Waals surface area contributed by atoms with Gasteiger partial charge in [-0.2, -0.15) is 0 Å². The van der Waals surface area contributed by atoms with Gasteiger partial charge < -0.3 is 14.8 Å². The molecule has 1 amide bonds. The largest absolute Gasteiger partial charge is 0.482 e. The number of esters is 1. The summed E-state index contributed by atoms with van der Waals surface area (Å²) in [5.74, 6) is -2.01. The standard InChI is InChI=1S/C20H20FNO5/c1-3-14-6-4-5-7-19(14)26-12-20(25)27-11-18(24)16-9-8-15(10-17(16)21)22-13(2)23/h4-10H,3,11-12H2,1-2H3,(H,22,23). The number of Topliss-reactive ketones (excluding diaryl/α,β-unsaturated/α-hetero) is 1. The molecule has 0 atom stereocenters. The fraction of sp³-hybridized carbons (Fsp3) is 0.250. The minimum atomic E-state index is -0.810. The fourth-order valence-electron chi connectivity index (χ4n) is 2.36. The normalized spacial score (nSPS) is 10.2. The van der Waals surface area contributed by atoms with Gasteiger partial charge in [-0.1, -0.05) is 25.1 Å². The minimum absolute atomic E-state index is 0.228. The summed E-state index contributed by atoms with van der Waals surface area (Å²) in [6.07, 6.45) is 0.747. The molecule has 0 saturated carbocycles. The molecule has 0 aliphatic rings. The molecule has 0 spiro atoms. The molecule has 2 aromatic rings. The van der Waals surface area contributed by atoms with Crippen LogP contribution in [0.3, 0.4) is 0 Å². The van der Waals surface area contributed by atoms with E-state index in [1.54, 1.807) is 12.1 Å². The third-order valence-electron chi connectivity index (χ3n) is 3.65. The molecule has 0 aliphatic carbocycles. The molecule has 0 radical (unpaired) electrons. The van der Waals surface area contributed by atoms with Crippen LogP contribution in [-0.4, -0.2) is 30.9 Å². The molecular formula is C20H20FNO5. The molecule has 0 unspecified atom stereocenters. The highest BCUT2D eigenvalue weighted by Crippen LogP contribution is 2.18. The molecule has 0 fully saturated rings. The van der Waals surface area contributed by atoms with Crippen molar-refractivity contribution in [2.24, 2.45) is 0 Å². The maximum atomic E-state index is 14.0. The summed E-state index contributed by atoms with van der Waals surface area (Å²) in [4.78, 5) is 34.8. The third kappa shape index (κ3) is 5.91. The number of para-hydroxylation sites is 1. The van der Waals surface area contributed by atoms with E-state index in [9.17, 15) is 18.8 Å². The predicted molar refractivity (Wildman–Crippen MR) is 97.3 cm³/mol. The van der Waals surface area contributed by atoms with Crippen molar-refractivity contribution in [2.45, 2.75) is 20.3 Å². The zero-order valence-corrected chi connectivity index (χ0v) is 15.1. The first-order chi connectivity index (χ1) is 12.9. The molecule has 27 heavy (non-hydrogen) atoms. The number of nitrogens with one attached hydrogen (secondary N) is 1. The van der Waals surface area contributed by atoms with Crippen molar-refractivity contribution < 1.29 is 28.2 Å². The zero-order chi connectivity index (χ0) is 19.8. The smallest absolute Gasteiger partial charge is 0.344 e. The molecule has 0 heterocycles. The van der Waals surface area contributed by atoms with Gasteiger partial charge in [-0.25, -0.2) is 9.18 Å². The number of carbonyl (C=O) groups excluding carboxylic acids is 3. The van der Waals surface area contributed by atoms with Crippen molar-refractivity contribution in [3.63, 3.8) is 0 Å². The minimum Gasteiger partial charge on any atom is -0.482 e. The monoisotopic (exact) mass is 373 g/mol. The average Bonchev–Trinajstić information content (AvgIpc) is 2.64. The first-order valence-electron chi connectivity index (χ1n) is 8.37. The first kappa shape index (κ1) is 20.1. The molecule has 6 nitrogen and oxygen atoms in total. The first-order valence-corrected chi connectivity index (χ1v) is 8.37. The van der Waals surface area contributed by atoms with Crippen LogP contribution in [-0.2, 0) is 20.7 Å². The number of ketones is 1. The van der Waals surface area contributed by atoms with Crippen LogP contribution in [0.2, 0.25) is 0 Å². The van der Waals surface area contributed by atoms with E-state index in [1.165, 1.54) is 19.1 Å². The van der Waals surface area contributed by atoms with E-state index in [0.717, 1.165) is 18.1 Å². The van der Waals surface area contributed by atoms with Crippen molar-refractivity contribution in [1.29, 1.82) is 0 Å². The van der Waals surface area contributed by atoms with Crippen molar-refractivity contribution in [3.8, 4) is 5.75 Å². The summed E-state index contributed by atoms with van der Waals surface area (Å²) < 4.78 is 24.2. The summed E-state index contributed by atoms with van der Waals surface area (Å²) in [5.41, 5.74) is 0.952. The number of rotatable bonds is 8. The van der Waals surface area contributed by atoms with Gasteiger partial charge in [-0.3, -0.25) is 9.59 Å². The van der Waals surface area contributed by atoms with Gasteiger partial charge >= 0.3 is 5.97 Å². The van der Waals surface area contributed by atoms with E-state index in [-0.39, 0.29) is 23.8 Å². The van der Waals surface area contributed by atoms with Crippen LogP contribution in [0, 0.1) is 5.82 Å². The Morgan fingerprint density at radius 3 is 2.48 bits per heavy atom. The van der Waals surface area contributed by atoms with Crippen molar-refractivity contribution >= 4 is 23.3 Å². The Morgan fingerprint density at radius 2 is 1.81 bits per heavy atom. The van der Waals surface area contributed by atoms with Gasteiger partial charge in [0, 0.05) is 12.6 Å². The summed E-state index contributed by atoms with van der Waals surface area (Å²) in [5, 5.41) is 2.41. The second-order valence-corrected chi connectivity index (χ2v) is 5.71. The van der Waals surface area contributed by atoms with Crippen molar-refractivity contribution in [2.75, 3.05) is 18.5 Å². The Hall–Kier alpha value is -3.22. The lowest BCUT2D eigenvalue weighted by Gasteiger charge is -2.10. The molecule has 0 bridgehead atoms. The van der Waals surface area contributed by atoms with Crippen LogP contribution in [0.15, 0.2) is 42.5 Å². The van der Waals surface area contributed by atoms with Gasteiger partial charge in [-0.05, 0) is 36.2 Å². The Morgan fingerprint density at radius 1 is 1.07 bits per heavy atom. The summed E-state index contributed by atoms with van der Waals surface area (Å²) in [6, 6.07) is 10.9. The van der Waals surface area contributed by atoms with Crippen LogP contribution < -0.4 is 10.1 Å². The van der Waals surface area contributed by atoms with Crippen LogP contribution in [0.1, 0.15) is 29.8 Å². The number of carbonyl (C=O) groups is 3. The Balaban J connectivity index is 1.87. The van der Waals surface area contributed by atoms with E-state index >= 15 is 0 Å². The Kier molecular flexibility index (Phi) is 7.05. The number of amides is 1. The summed E-state index contributed by atoms with van der Waals surface area (Å²) >= 11 is 0. The van der Waals surface area contributed by atoms with Gasteiger partial charge in [0.2, 0.25) is 11.7 Å². The van der Waals surface area contributed by atoms with Crippen LogP contribution in [0.5, 0.6) is 5.75 Å². The zero-order valence-electron chi connectivity index (χ0n) is 15.1. The molecule has 7 heteroatoms. The molecule has 0 saturated heterocycles. The molecule has 2 rings (SSSR count). The Bertz CT molecular complexity index is 850. The van der Waals surface area contributed by atoms with Crippen LogP contribution >= 0.6 is 0 Å². The van der Waals surface area contributed by atoms with E-state index in [1.807, 2.05) is 19.1 Å². The van der Waals surface area contributed by atoms with Crippen molar-refractivity contribution in [1.82, 2.24) is 0 Å². The number of anilines is 1. The number of ether oxygens (including phenoxy) is 2. The topological polar surface area (TPSA) is 81.7 Å². The van der Waals surface area contributed by atoms with Crippen LogP contribution in [0.25, 0.3) is 0 Å². The highest BCUT2D eigenvalue weighted by Gasteiger charge is 2.15. The summed E-state index contributed by atoms with van der Waals surface area (Å²) in [7, 11) is 0. The molecule has 2 aromatic carbocycles. The number of halogens is 1. The second kappa shape index (κ2) is 9.47. The van der Waals surface area contributed by atoms with E-state index < -0.39 is 24.2 Å². The molecule has 0 aromatic heterocycles. The molecular weight excluding hydrogens is 353 g/mol. The van der Waals surface area contributed by atoms with Gasteiger partial charge in [0.15, 0.2) is 13.2 Å². The molecule has 0 aliphatic heterocycles. The number of hydrogen-bond donors (Lipinski definition) is 1. The lowest BCUT2D eigenvalue weighted by molar-refractivity contribution is -0.144. The van der Waals surface area contributed by atoms with E-state index in [0.29, 0.717) is 5.75 Å². The summed E-state index contributed by atoms with van der Waals surface area (Å²) in [6.45, 7) is 2.30. The van der Waals surface area contributed by atoms with Crippen LogP contribution in [0.4, 0.5) is 10.1 Å². The highest BCUT2D eigenvalue weighted by atomic mass is 19.1. The highest BCUT2D eigenvalue weighted by molar-refractivity contribution is 5.99. The van der Waals surface area contributed by atoms with E-state index in [2.05, 4.69) is 5.32 Å². The number of hydrogen-bond acceptors (Lipinski definition) is 5. The SMILES string of the molecule is CCc1ccccc1OCC(=O)OCC(=O)c1ccc(NC(C)=O)cc1F. The quantitative estimate of drug-likeness (QED) is 0.568. The van der Waals surface area contributed by atoms with Crippen molar-refractivity contribution in [3.05, 3.63) is 59.4 Å². The fourth-order valence-corrected chi connectivity index (χ4v) is 2.36. The van der Waals surface area contributed by atoms with Gasteiger partial charge in [0.05, 0.1) is 5.56 Å². The second-order valence-electron chi connectivity index (χ2n) is 5.71.